The molecule has 1 N–H and O–H groups in total. The highest BCUT2D eigenvalue weighted by atomic mass is 16.5. The first kappa shape index (κ1) is 11.2. The van der Waals surface area contributed by atoms with Crippen molar-refractivity contribution in [3.05, 3.63) is 17.8 Å². The fraction of sp³-hybridized carbons (Fsp3) is 0.571. The number of pyridine rings is 1. The van der Waals surface area contributed by atoms with Gasteiger partial charge in [0.05, 0.1) is 17.5 Å². The van der Waals surface area contributed by atoms with Gasteiger partial charge in [-0.1, -0.05) is 0 Å². The number of anilines is 1. The van der Waals surface area contributed by atoms with Gasteiger partial charge in [-0.15, -0.1) is 0 Å². The molecule has 2 aliphatic heterocycles. The second-order valence-electron chi connectivity index (χ2n) is 5.45. The van der Waals surface area contributed by atoms with Crippen LogP contribution in [0.5, 0.6) is 0 Å². The van der Waals surface area contributed by atoms with Crippen LogP contribution < -0.4 is 5.32 Å². The van der Waals surface area contributed by atoms with Crippen molar-refractivity contribution in [3.63, 3.8) is 0 Å². The maximum atomic E-state index is 5.86. The van der Waals surface area contributed by atoms with Crippen molar-refractivity contribution in [1.29, 1.82) is 0 Å². The maximum Gasteiger partial charge on any atom is 0.183 e. The van der Waals surface area contributed by atoms with E-state index in [1.807, 2.05) is 13.0 Å². The van der Waals surface area contributed by atoms with Crippen LogP contribution in [0.25, 0.3) is 11.0 Å². The van der Waals surface area contributed by atoms with Gasteiger partial charge in [0, 0.05) is 18.8 Å². The Morgan fingerprint density at radius 2 is 2.32 bits per heavy atom. The predicted octanol–water partition coefficient (Wildman–Crippen LogP) is 2.28. The molecule has 4 heterocycles. The summed E-state index contributed by atoms with van der Waals surface area (Å²) in [5, 5.41) is 9.29. The van der Waals surface area contributed by atoms with E-state index < -0.39 is 0 Å². The van der Waals surface area contributed by atoms with Crippen molar-refractivity contribution < 1.29 is 4.74 Å². The minimum Gasteiger partial charge on any atom is -0.376 e. The summed E-state index contributed by atoms with van der Waals surface area (Å²) in [6, 6.07) is 4.51. The van der Waals surface area contributed by atoms with E-state index in [-0.39, 0.29) is 0 Å². The highest BCUT2D eigenvalue weighted by Gasteiger charge is 2.32. The first-order valence-corrected chi connectivity index (χ1v) is 7.04. The first-order valence-electron chi connectivity index (χ1n) is 7.04. The molecule has 5 heteroatoms. The Morgan fingerprint density at radius 1 is 1.37 bits per heavy atom. The van der Waals surface area contributed by atoms with Gasteiger partial charge < -0.3 is 10.1 Å². The standard InChI is InChI=1S/C14H18N4O/c1-9-4-5-10-13(16-9)17-18-11(6-7-15-14(10)18)12-3-2-8-19-12/h4-5,11-12,15H,2-3,6-8H2,1H3. The Balaban J connectivity index is 1.83. The van der Waals surface area contributed by atoms with Gasteiger partial charge in [-0.05, 0) is 38.3 Å². The number of nitrogens with one attached hydrogen (secondary N) is 1. The van der Waals surface area contributed by atoms with Crippen LogP contribution in [0.3, 0.4) is 0 Å². The molecule has 0 amide bonds. The molecule has 19 heavy (non-hydrogen) atoms. The van der Waals surface area contributed by atoms with Crippen LogP contribution in [0.4, 0.5) is 5.82 Å². The second kappa shape index (κ2) is 4.20. The summed E-state index contributed by atoms with van der Waals surface area (Å²) in [7, 11) is 0. The molecule has 2 unspecified atom stereocenters. The third-order valence-electron chi connectivity index (χ3n) is 4.14. The Kier molecular flexibility index (Phi) is 2.48. The summed E-state index contributed by atoms with van der Waals surface area (Å²) in [6.45, 7) is 3.88. The van der Waals surface area contributed by atoms with Crippen molar-refractivity contribution in [2.24, 2.45) is 0 Å². The minimum absolute atomic E-state index is 0.316. The number of hydrogen-bond donors (Lipinski definition) is 1. The Bertz CT molecular complexity index is 615. The van der Waals surface area contributed by atoms with Gasteiger partial charge >= 0.3 is 0 Å². The summed E-state index contributed by atoms with van der Waals surface area (Å²) in [4.78, 5) is 4.53. The molecule has 100 valence electrons. The molecule has 2 atom stereocenters. The maximum absolute atomic E-state index is 5.86. The van der Waals surface area contributed by atoms with Crippen molar-refractivity contribution in [2.75, 3.05) is 18.5 Å². The number of aromatic nitrogens is 3. The van der Waals surface area contributed by atoms with Crippen LogP contribution in [0.2, 0.25) is 0 Å². The number of aryl methyl sites for hydroxylation is 1. The molecule has 4 rings (SSSR count). The van der Waals surface area contributed by atoms with Crippen molar-refractivity contribution >= 4 is 16.9 Å². The number of rotatable bonds is 1. The van der Waals surface area contributed by atoms with Crippen LogP contribution in [0.15, 0.2) is 12.1 Å². The normalized spacial score (nSPS) is 26.4. The first-order chi connectivity index (χ1) is 9.33. The van der Waals surface area contributed by atoms with E-state index >= 15 is 0 Å². The van der Waals surface area contributed by atoms with Gasteiger partial charge in [-0.3, -0.25) is 0 Å². The zero-order valence-corrected chi connectivity index (χ0v) is 11.1. The zero-order valence-electron chi connectivity index (χ0n) is 11.1. The Labute approximate surface area is 112 Å². The summed E-state index contributed by atoms with van der Waals surface area (Å²) in [5.74, 6) is 1.11. The van der Waals surface area contributed by atoms with Crippen LogP contribution >= 0.6 is 0 Å². The molecule has 0 radical (unpaired) electrons. The Hall–Kier alpha value is -1.62. The molecule has 2 aliphatic rings. The average molecular weight is 258 g/mol. The molecule has 2 aromatic heterocycles. The van der Waals surface area contributed by atoms with Gasteiger partial charge in [0.1, 0.15) is 5.82 Å². The molecular formula is C14H18N4O. The summed E-state index contributed by atoms with van der Waals surface area (Å²) in [6.07, 6.45) is 3.70. The number of fused-ring (bicyclic) bond motifs is 3. The monoisotopic (exact) mass is 258 g/mol. The lowest BCUT2D eigenvalue weighted by Crippen LogP contribution is -2.31. The molecule has 1 fully saturated rings. The van der Waals surface area contributed by atoms with Gasteiger partial charge in [0.15, 0.2) is 5.65 Å². The lowest BCUT2D eigenvalue weighted by Gasteiger charge is -2.29. The van der Waals surface area contributed by atoms with Crippen LogP contribution in [-0.2, 0) is 4.74 Å². The molecule has 0 saturated carbocycles. The molecule has 0 aromatic carbocycles. The van der Waals surface area contributed by atoms with E-state index in [4.69, 9.17) is 9.84 Å². The van der Waals surface area contributed by atoms with Crippen LogP contribution in [0.1, 0.15) is 31.0 Å². The fourth-order valence-electron chi connectivity index (χ4n) is 3.21. The smallest absolute Gasteiger partial charge is 0.183 e. The van der Waals surface area contributed by atoms with E-state index in [1.165, 1.54) is 6.42 Å². The van der Waals surface area contributed by atoms with Gasteiger partial charge in [-0.25, -0.2) is 9.67 Å². The van der Waals surface area contributed by atoms with E-state index in [9.17, 15) is 0 Å². The second-order valence-corrected chi connectivity index (χ2v) is 5.45. The summed E-state index contributed by atoms with van der Waals surface area (Å²) in [5.41, 5.74) is 1.85. The number of nitrogens with zero attached hydrogens (tertiary/aromatic N) is 3. The van der Waals surface area contributed by atoms with Crippen molar-refractivity contribution in [3.8, 4) is 0 Å². The topological polar surface area (TPSA) is 52.0 Å². The molecule has 1 saturated heterocycles. The molecular weight excluding hydrogens is 240 g/mol. The van der Waals surface area contributed by atoms with Crippen LogP contribution in [0, 0.1) is 6.92 Å². The third-order valence-corrected chi connectivity index (χ3v) is 4.14. The molecule has 0 aliphatic carbocycles. The molecule has 0 bridgehead atoms. The largest absolute Gasteiger partial charge is 0.376 e. The van der Waals surface area contributed by atoms with E-state index in [1.54, 1.807) is 0 Å². The summed E-state index contributed by atoms with van der Waals surface area (Å²) < 4.78 is 7.97. The lowest BCUT2D eigenvalue weighted by molar-refractivity contribution is 0.0594. The SMILES string of the molecule is Cc1ccc2c3n(nc2n1)C(C1CCCO1)CCN3. The zero-order chi connectivity index (χ0) is 12.8. The number of hydrogen-bond acceptors (Lipinski definition) is 4. The van der Waals surface area contributed by atoms with E-state index in [0.29, 0.717) is 12.1 Å². The Morgan fingerprint density at radius 3 is 3.16 bits per heavy atom. The quantitative estimate of drug-likeness (QED) is 0.852. The lowest BCUT2D eigenvalue weighted by atomic mass is 10.0. The van der Waals surface area contributed by atoms with E-state index in [2.05, 4.69) is 21.0 Å². The highest BCUT2D eigenvalue weighted by molar-refractivity contribution is 5.87. The summed E-state index contributed by atoms with van der Waals surface area (Å²) >= 11 is 0. The van der Waals surface area contributed by atoms with Crippen molar-refractivity contribution in [1.82, 2.24) is 14.8 Å². The van der Waals surface area contributed by atoms with Crippen LogP contribution in [-0.4, -0.2) is 34.0 Å². The predicted molar refractivity (Wildman–Crippen MR) is 73.4 cm³/mol. The molecule has 2 aromatic rings. The van der Waals surface area contributed by atoms with Gasteiger partial charge in [-0.2, -0.15) is 5.10 Å². The highest BCUT2D eigenvalue weighted by Crippen LogP contribution is 2.35. The third kappa shape index (κ3) is 1.72. The number of ether oxygens (including phenoxy) is 1. The average Bonchev–Trinajstić information content (AvgIpc) is 3.04. The van der Waals surface area contributed by atoms with Gasteiger partial charge in [0.2, 0.25) is 0 Å². The molecule has 0 spiro atoms. The van der Waals surface area contributed by atoms with Gasteiger partial charge in [0.25, 0.3) is 0 Å². The minimum atomic E-state index is 0.316. The van der Waals surface area contributed by atoms with E-state index in [0.717, 1.165) is 48.5 Å². The molecule has 5 nitrogen and oxygen atoms in total. The fourth-order valence-corrected chi connectivity index (χ4v) is 3.21. The van der Waals surface area contributed by atoms with Crippen molar-refractivity contribution in [2.45, 2.75) is 38.3 Å².